The third-order valence-electron chi connectivity index (χ3n) is 0.988. The molecule has 0 aromatic carbocycles. The average Bonchev–Trinajstić information content (AvgIpc) is 1.90. The van der Waals surface area contributed by atoms with E-state index in [0.717, 1.165) is 5.41 Å². The van der Waals surface area contributed by atoms with Crippen LogP contribution in [0.5, 0.6) is 0 Å². The molecule has 0 aromatic rings. The van der Waals surface area contributed by atoms with Gasteiger partial charge in [0.15, 0.2) is 9.84 Å². The molecule has 10 heavy (non-hydrogen) atoms. The summed E-state index contributed by atoms with van der Waals surface area (Å²) in [6.07, 6.45) is 1.70. The highest BCUT2D eigenvalue weighted by Gasteiger charge is 2.19. The van der Waals surface area contributed by atoms with Crippen LogP contribution in [-0.2, 0) is 9.84 Å². The summed E-state index contributed by atoms with van der Waals surface area (Å²) in [5.74, 6) is 0.107. The average molecular weight is 201 g/mol. The normalized spacial score (nSPS) is 14.6. The van der Waals surface area contributed by atoms with Gasteiger partial charge in [0, 0.05) is 11.3 Å². The smallest absolute Gasteiger partial charge is 0.184 e. The first-order valence-corrected chi connectivity index (χ1v) is 5.96. The molecule has 0 spiro atoms. The molecule has 0 heterocycles. The molecule has 0 amide bonds. The lowest BCUT2D eigenvalue weighted by molar-refractivity contribution is 0.604. The molecular weight excluding hydrogens is 192 g/mol. The summed E-state index contributed by atoms with van der Waals surface area (Å²) in [7, 11) is -3.17. The molecule has 0 fully saturated rings. The van der Waals surface area contributed by atoms with Crippen molar-refractivity contribution in [1.29, 1.82) is 0 Å². The van der Waals surface area contributed by atoms with E-state index < -0.39 is 14.4 Å². The minimum atomic E-state index is -3.17. The van der Waals surface area contributed by atoms with E-state index in [-0.39, 0.29) is 5.88 Å². The Bertz CT molecular complexity index is 194. The topological polar surface area (TPSA) is 34.1 Å². The molecule has 0 aliphatic rings. The van der Waals surface area contributed by atoms with Crippen LogP contribution in [-0.4, -0.2) is 25.1 Å². The molecule has 0 saturated carbocycles. The van der Waals surface area contributed by atoms with Crippen molar-refractivity contribution < 1.29 is 8.42 Å². The van der Waals surface area contributed by atoms with Crippen LogP contribution in [0.15, 0.2) is 12.0 Å². The van der Waals surface area contributed by atoms with Gasteiger partial charge in [0.2, 0.25) is 0 Å². The summed E-state index contributed by atoms with van der Waals surface area (Å²) in [6, 6.07) is 0. The molecular formula is C5H9ClO2S2. The van der Waals surface area contributed by atoms with Crippen molar-refractivity contribution in [2.24, 2.45) is 0 Å². The number of thioether (sulfide) groups is 1. The minimum absolute atomic E-state index is 0.107. The summed E-state index contributed by atoms with van der Waals surface area (Å²) < 4.78 is 21.3. The molecule has 60 valence electrons. The quantitative estimate of drug-likeness (QED) is 0.645. The van der Waals surface area contributed by atoms with Crippen molar-refractivity contribution in [1.82, 2.24) is 0 Å². The standard InChI is InChI=1S/C5H9ClO2S2/c1-3-10(7,8)5(4-6)9-2/h3,5H,1,4H2,2H3. The molecule has 5 heteroatoms. The lowest BCUT2D eigenvalue weighted by Crippen LogP contribution is -2.15. The van der Waals surface area contributed by atoms with E-state index in [9.17, 15) is 8.42 Å². The van der Waals surface area contributed by atoms with Gasteiger partial charge in [-0.05, 0) is 6.26 Å². The zero-order valence-corrected chi connectivity index (χ0v) is 7.97. The van der Waals surface area contributed by atoms with Crippen LogP contribution in [0.25, 0.3) is 0 Å². The van der Waals surface area contributed by atoms with Gasteiger partial charge in [0.1, 0.15) is 4.58 Å². The van der Waals surface area contributed by atoms with E-state index in [1.165, 1.54) is 11.8 Å². The van der Waals surface area contributed by atoms with Gasteiger partial charge in [0.25, 0.3) is 0 Å². The number of sulfone groups is 1. The summed E-state index contributed by atoms with van der Waals surface area (Å²) in [5, 5.41) is 0.941. The molecule has 1 atom stereocenters. The first-order valence-electron chi connectivity index (χ1n) is 2.53. The van der Waals surface area contributed by atoms with Crippen molar-refractivity contribution in [2.45, 2.75) is 4.58 Å². The van der Waals surface area contributed by atoms with Crippen molar-refractivity contribution in [3.63, 3.8) is 0 Å². The zero-order chi connectivity index (χ0) is 8.20. The Morgan fingerprint density at radius 1 is 1.80 bits per heavy atom. The minimum Gasteiger partial charge on any atom is -0.223 e. The summed E-state index contributed by atoms with van der Waals surface area (Å²) in [5.41, 5.74) is 0. The molecule has 0 rings (SSSR count). The Morgan fingerprint density at radius 3 is 2.40 bits per heavy atom. The van der Waals surface area contributed by atoms with Crippen molar-refractivity contribution in [2.75, 3.05) is 12.1 Å². The fourth-order valence-corrected chi connectivity index (χ4v) is 3.12. The largest absolute Gasteiger partial charge is 0.223 e. The van der Waals surface area contributed by atoms with Gasteiger partial charge in [-0.3, -0.25) is 0 Å². The molecule has 0 aliphatic heterocycles. The molecule has 0 aromatic heterocycles. The van der Waals surface area contributed by atoms with E-state index in [1.807, 2.05) is 0 Å². The van der Waals surface area contributed by atoms with Gasteiger partial charge in [-0.2, -0.15) is 0 Å². The monoisotopic (exact) mass is 200 g/mol. The maximum atomic E-state index is 10.9. The van der Waals surface area contributed by atoms with Crippen LogP contribution >= 0.6 is 23.4 Å². The van der Waals surface area contributed by atoms with E-state index in [0.29, 0.717) is 0 Å². The van der Waals surface area contributed by atoms with Crippen molar-refractivity contribution in [3.8, 4) is 0 Å². The molecule has 0 saturated heterocycles. The first-order chi connectivity index (χ1) is 4.58. The number of rotatable bonds is 4. The molecule has 2 nitrogen and oxygen atoms in total. The second-order valence-electron chi connectivity index (χ2n) is 1.58. The van der Waals surface area contributed by atoms with Crippen LogP contribution < -0.4 is 0 Å². The van der Waals surface area contributed by atoms with Gasteiger partial charge >= 0.3 is 0 Å². The Balaban J connectivity index is 4.43. The summed E-state index contributed by atoms with van der Waals surface area (Å²) in [4.78, 5) is 0. The SMILES string of the molecule is C=CS(=O)(=O)C(CCl)SC. The Morgan fingerprint density at radius 2 is 2.30 bits per heavy atom. The number of hydrogen-bond acceptors (Lipinski definition) is 3. The highest BCUT2D eigenvalue weighted by atomic mass is 35.5. The van der Waals surface area contributed by atoms with E-state index in [1.54, 1.807) is 6.26 Å². The van der Waals surface area contributed by atoms with Gasteiger partial charge in [0.05, 0.1) is 0 Å². The molecule has 1 unspecified atom stereocenters. The molecule has 0 aliphatic carbocycles. The van der Waals surface area contributed by atoms with Gasteiger partial charge in [-0.1, -0.05) is 6.58 Å². The van der Waals surface area contributed by atoms with Gasteiger partial charge in [-0.25, -0.2) is 8.42 Å². The van der Waals surface area contributed by atoms with E-state index in [2.05, 4.69) is 6.58 Å². The van der Waals surface area contributed by atoms with Crippen LogP contribution in [0, 0.1) is 0 Å². The van der Waals surface area contributed by atoms with Gasteiger partial charge < -0.3 is 0 Å². The van der Waals surface area contributed by atoms with Crippen LogP contribution in [0.4, 0.5) is 0 Å². The fourth-order valence-electron chi connectivity index (χ4n) is 0.392. The third-order valence-corrected chi connectivity index (χ3v) is 5.10. The maximum Gasteiger partial charge on any atom is 0.184 e. The Labute approximate surface area is 70.6 Å². The van der Waals surface area contributed by atoms with Gasteiger partial charge in [-0.15, -0.1) is 23.4 Å². The predicted octanol–water partition coefficient (Wildman–Crippen LogP) is 1.47. The maximum absolute atomic E-state index is 10.9. The summed E-state index contributed by atoms with van der Waals surface area (Å²) >= 11 is 6.59. The number of halogens is 1. The summed E-state index contributed by atoms with van der Waals surface area (Å²) in [6.45, 7) is 3.19. The van der Waals surface area contributed by atoms with Crippen LogP contribution in [0.1, 0.15) is 0 Å². The van der Waals surface area contributed by atoms with Crippen molar-refractivity contribution in [3.05, 3.63) is 12.0 Å². The number of hydrogen-bond donors (Lipinski definition) is 0. The highest BCUT2D eigenvalue weighted by Crippen LogP contribution is 2.16. The van der Waals surface area contributed by atoms with Crippen LogP contribution in [0.3, 0.4) is 0 Å². The lowest BCUT2D eigenvalue weighted by atomic mass is 10.9. The first kappa shape index (κ1) is 10.3. The van der Waals surface area contributed by atoms with Crippen LogP contribution in [0.2, 0.25) is 0 Å². The second-order valence-corrected chi connectivity index (χ2v) is 5.30. The molecule has 0 bridgehead atoms. The second kappa shape index (κ2) is 4.26. The number of alkyl halides is 1. The highest BCUT2D eigenvalue weighted by molar-refractivity contribution is 8.14. The van der Waals surface area contributed by atoms with E-state index in [4.69, 9.17) is 11.6 Å². The lowest BCUT2D eigenvalue weighted by Gasteiger charge is -2.06. The third kappa shape index (κ3) is 2.52. The molecule has 0 N–H and O–H groups in total. The fraction of sp³-hybridized carbons (Fsp3) is 0.600. The van der Waals surface area contributed by atoms with E-state index >= 15 is 0 Å². The predicted molar refractivity (Wildman–Crippen MR) is 47.1 cm³/mol. The zero-order valence-electron chi connectivity index (χ0n) is 5.58. The molecule has 0 radical (unpaired) electrons. The van der Waals surface area contributed by atoms with Crippen molar-refractivity contribution >= 4 is 33.2 Å². The Hall–Kier alpha value is 0.330. The Kier molecular flexibility index (Phi) is 4.40.